The molecule has 3 aromatic carbocycles. The minimum atomic E-state index is -0.784. The third kappa shape index (κ3) is 5.64. The SMILES string of the molecule is CN1OCC2C(OCc3ccccc3)C(OCc3ccccc3)C(OCc3ccccc3)C(O)C21. The smallest absolute Gasteiger partial charge is 0.114 e. The van der Waals surface area contributed by atoms with E-state index >= 15 is 0 Å². The van der Waals surface area contributed by atoms with Gasteiger partial charge in [-0.2, -0.15) is 5.06 Å². The highest BCUT2D eigenvalue weighted by atomic mass is 16.7. The van der Waals surface area contributed by atoms with E-state index in [1.807, 2.05) is 85.9 Å². The second-order valence-electron chi connectivity index (χ2n) is 9.27. The quantitative estimate of drug-likeness (QED) is 0.505. The summed E-state index contributed by atoms with van der Waals surface area (Å²) >= 11 is 0. The van der Waals surface area contributed by atoms with Gasteiger partial charge in [0.05, 0.1) is 38.6 Å². The average Bonchev–Trinajstić information content (AvgIpc) is 3.30. The molecule has 0 spiro atoms. The molecule has 0 bridgehead atoms. The maximum atomic E-state index is 11.5. The molecule has 3 aromatic rings. The lowest BCUT2D eigenvalue weighted by Gasteiger charge is -2.46. The van der Waals surface area contributed by atoms with Crippen molar-refractivity contribution in [2.24, 2.45) is 5.92 Å². The van der Waals surface area contributed by atoms with Gasteiger partial charge in [0.2, 0.25) is 0 Å². The number of rotatable bonds is 9. The molecule has 6 atom stereocenters. The zero-order chi connectivity index (χ0) is 24.0. The molecule has 0 aromatic heterocycles. The first-order valence-electron chi connectivity index (χ1n) is 12.2. The Balaban J connectivity index is 1.41. The third-order valence-electron chi connectivity index (χ3n) is 6.94. The molecule has 6 nitrogen and oxygen atoms in total. The van der Waals surface area contributed by atoms with Crippen molar-refractivity contribution in [1.29, 1.82) is 0 Å². The highest BCUT2D eigenvalue weighted by Crippen LogP contribution is 2.39. The van der Waals surface area contributed by atoms with Crippen molar-refractivity contribution in [3.63, 3.8) is 0 Å². The minimum absolute atomic E-state index is 0.0453. The third-order valence-corrected chi connectivity index (χ3v) is 6.94. The van der Waals surface area contributed by atoms with Gasteiger partial charge in [-0.15, -0.1) is 0 Å². The van der Waals surface area contributed by atoms with E-state index in [9.17, 15) is 5.11 Å². The molecule has 184 valence electrons. The molecule has 35 heavy (non-hydrogen) atoms. The monoisotopic (exact) mass is 475 g/mol. The molecular weight excluding hydrogens is 442 g/mol. The predicted octanol–water partition coefficient (Wildman–Crippen LogP) is 3.98. The molecule has 0 amide bonds. The van der Waals surface area contributed by atoms with Gasteiger partial charge >= 0.3 is 0 Å². The van der Waals surface area contributed by atoms with Crippen molar-refractivity contribution in [3.8, 4) is 0 Å². The van der Waals surface area contributed by atoms with Gasteiger partial charge in [0.1, 0.15) is 18.3 Å². The van der Waals surface area contributed by atoms with Gasteiger partial charge in [0.25, 0.3) is 0 Å². The second-order valence-corrected chi connectivity index (χ2v) is 9.27. The lowest BCUT2D eigenvalue weighted by molar-refractivity contribution is -0.234. The average molecular weight is 476 g/mol. The van der Waals surface area contributed by atoms with Crippen LogP contribution < -0.4 is 0 Å². The fourth-order valence-corrected chi connectivity index (χ4v) is 5.14. The van der Waals surface area contributed by atoms with E-state index in [1.54, 1.807) is 5.06 Å². The van der Waals surface area contributed by atoms with Crippen LogP contribution in [0.3, 0.4) is 0 Å². The van der Waals surface area contributed by atoms with Crippen LogP contribution in [0, 0.1) is 5.92 Å². The Kier molecular flexibility index (Phi) is 7.88. The van der Waals surface area contributed by atoms with Crippen molar-refractivity contribution in [2.45, 2.75) is 50.3 Å². The summed E-state index contributed by atoms with van der Waals surface area (Å²) in [6.45, 7) is 1.70. The van der Waals surface area contributed by atoms with Gasteiger partial charge in [-0.1, -0.05) is 91.0 Å². The Bertz CT molecular complexity index is 1030. The molecule has 6 unspecified atom stereocenters. The fourth-order valence-electron chi connectivity index (χ4n) is 5.14. The first kappa shape index (κ1) is 24.1. The molecule has 1 heterocycles. The molecule has 1 aliphatic carbocycles. The van der Waals surface area contributed by atoms with E-state index in [4.69, 9.17) is 19.0 Å². The maximum Gasteiger partial charge on any atom is 0.114 e. The Labute approximate surface area is 207 Å². The standard InChI is InChI=1S/C29H33NO5/c1-30-25-24(20-35-30)27(32-17-21-11-5-2-6-12-21)29(34-19-23-15-9-4-10-16-23)28(26(25)31)33-18-22-13-7-3-8-14-22/h2-16,24-29,31H,17-20H2,1H3. The number of ether oxygens (including phenoxy) is 3. The summed E-state index contributed by atoms with van der Waals surface area (Å²) in [5.41, 5.74) is 3.19. The fraction of sp³-hybridized carbons (Fsp3) is 0.379. The maximum absolute atomic E-state index is 11.5. The number of nitrogens with zero attached hydrogens (tertiary/aromatic N) is 1. The molecule has 1 saturated heterocycles. The van der Waals surface area contributed by atoms with E-state index in [0.717, 1.165) is 16.7 Å². The summed E-state index contributed by atoms with van der Waals surface area (Å²) in [7, 11) is 1.86. The number of hydrogen-bond acceptors (Lipinski definition) is 6. The van der Waals surface area contributed by atoms with Crippen molar-refractivity contribution in [2.75, 3.05) is 13.7 Å². The Morgan fingerprint density at radius 1 is 0.686 bits per heavy atom. The van der Waals surface area contributed by atoms with Crippen LogP contribution in [0.5, 0.6) is 0 Å². The molecule has 2 aliphatic rings. The number of hydroxylamine groups is 2. The molecule has 1 saturated carbocycles. The highest BCUT2D eigenvalue weighted by molar-refractivity contribution is 5.16. The van der Waals surface area contributed by atoms with E-state index in [0.29, 0.717) is 26.4 Å². The number of hydrogen-bond donors (Lipinski definition) is 1. The van der Waals surface area contributed by atoms with Crippen molar-refractivity contribution >= 4 is 0 Å². The van der Waals surface area contributed by atoms with Crippen LogP contribution in [0.25, 0.3) is 0 Å². The zero-order valence-electron chi connectivity index (χ0n) is 20.0. The molecule has 1 N–H and O–H groups in total. The van der Waals surface area contributed by atoms with Crippen molar-refractivity contribution in [3.05, 3.63) is 108 Å². The summed E-state index contributed by atoms with van der Waals surface area (Å²) in [6, 6.07) is 29.9. The van der Waals surface area contributed by atoms with E-state index in [1.165, 1.54) is 0 Å². The topological polar surface area (TPSA) is 60.4 Å². The van der Waals surface area contributed by atoms with Crippen LogP contribution in [-0.4, -0.2) is 54.3 Å². The summed E-state index contributed by atoms with van der Waals surface area (Å²) in [5.74, 6) is -0.0453. The molecular formula is C29H33NO5. The summed E-state index contributed by atoms with van der Waals surface area (Å²) in [4.78, 5) is 5.86. The Hall–Kier alpha value is -2.58. The summed E-state index contributed by atoms with van der Waals surface area (Å²) in [6.07, 6.45) is -2.13. The van der Waals surface area contributed by atoms with Crippen LogP contribution in [0.4, 0.5) is 0 Å². The van der Waals surface area contributed by atoms with Gasteiger partial charge < -0.3 is 19.3 Å². The summed E-state index contributed by atoms with van der Waals surface area (Å²) < 4.78 is 19.4. The highest BCUT2D eigenvalue weighted by Gasteiger charge is 2.56. The lowest BCUT2D eigenvalue weighted by Crippen LogP contribution is -2.64. The van der Waals surface area contributed by atoms with Crippen molar-refractivity contribution < 1.29 is 24.2 Å². The molecule has 6 heteroatoms. The zero-order valence-corrected chi connectivity index (χ0v) is 20.0. The van der Waals surface area contributed by atoms with Gasteiger partial charge in [-0.3, -0.25) is 4.84 Å². The molecule has 2 fully saturated rings. The van der Waals surface area contributed by atoms with Crippen LogP contribution in [0.15, 0.2) is 91.0 Å². The van der Waals surface area contributed by atoms with Crippen LogP contribution in [0.2, 0.25) is 0 Å². The number of fused-ring (bicyclic) bond motifs is 1. The number of likely N-dealkylation sites (N-methyl/N-ethyl adjacent to an activating group) is 1. The molecule has 0 radical (unpaired) electrons. The van der Waals surface area contributed by atoms with Crippen LogP contribution in [0.1, 0.15) is 16.7 Å². The first-order chi connectivity index (χ1) is 17.2. The van der Waals surface area contributed by atoms with Crippen molar-refractivity contribution in [1.82, 2.24) is 5.06 Å². The largest absolute Gasteiger partial charge is 0.389 e. The normalized spacial score (nSPS) is 28.6. The van der Waals surface area contributed by atoms with E-state index in [-0.39, 0.29) is 18.1 Å². The van der Waals surface area contributed by atoms with Gasteiger partial charge in [0.15, 0.2) is 0 Å². The van der Waals surface area contributed by atoms with E-state index in [2.05, 4.69) is 12.1 Å². The van der Waals surface area contributed by atoms with Gasteiger partial charge in [-0.25, -0.2) is 0 Å². The molecule has 1 aliphatic heterocycles. The predicted molar refractivity (Wildman–Crippen MR) is 132 cm³/mol. The van der Waals surface area contributed by atoms with Crippen LogP contribution in [-0.2, 0) is 38.9 Å². The Morgan fingerprint density at radius 2 is 1.11 bits per heavy atom. The summed E-state index contributed by atoms with van der Waals surface area (Å²) in [5, 5.41) is 13.2. The lowest BCUT2D eigenvalue weighted by atomic mass is 9.77. The number of benzene rings is 3. The first-order valence-corrected chi connectivity index (χ1v) is 12.2. The van der Waals surface area contributed by atoms with Gasteiger partial charge in [-0.05, 0) is 16.7 Å². The van der Waals surface area contributed by atoms with Gasteiger partial charge in [0, 0.05) is 13.0 Å². The van der Waals surface area contributed by atoms with E-state index < -0.39 is 18.3 Å². The number of aliphatic hydroxyl groups excluding tert-OH is 1. The molecule has 5 rings (SSSR count). The second kappa shape index (κ2) is 11.4. The Morgan fingerprint density at radius 3 is 1.60 bits per heavy atom. The minimum Gasteiger partial charge on any atom is -0.389 e. The van der Waals surface area contributed by atoms with Crippen LogP contribution >= 0.6 is 0 Å². The number of aliphatic hydroxyl groups is 1.